The minimum Gasteiger partial charge on any atom is -0.493 e. The maximum Gasteiger partial charge on any atom is 0.247 e. The number of amides is 2. The Morgan fingerprint density at radius 3 is 2.67 bits per heavy atom. The molecule has 1 aromatic rings. The number of hydrogen-bond acceptors (Lipinski definition) is 8. The molecule has 7 atom stereocenters. The first-order valence-electron chi connectivity index (χ1n) is 15.1. The smallest absolute Gasteiger partial charge is 0.247 e. The highest BCUT2D eigenvalue weighted by Crippen LogP contribution is 2.50. The summed E-state index contributed by atoms with van der Waals surface area (Å²) >= 11 is 2.09. The van der Waals surface area contributed by atoms with Crippen LogP contribution in [0, 0.1) is 21.3 Å². The number of rotatable bonds is 12. The van der Waals surface area contributed by atoms with Crippen molar-refractivity contribution in [1.29, 1.82) is 0 Å². The van der Waals surface area contributed by atoms with Crippen LogP contribution in [0.1, 0.15) is 56.9 Å². The van der Waals surface area contributed by atoms with Gasteiger partial charge in [-0.05, 0) is 96.2 Å². The zero-order valence-electron chi connectivity index (χ0n) is 24.2. The predicted molar refractivity (Wildman–Crippen MR) is 163 cm³/mol. The molecule has 1 aliphatic heterocycles. The third-order valence-corrected chi connectivity index (χ3v) is 10.2. The molecule has 2 saturated carbocycles. The van der Waals surface area contributed by atoms with Gasteiger partial charge in [0.15, 0.2) is 11.5 Å². The van der Waals surface area contributed by atoms with Crippen LogP contribution in [0.4, 0.5) is 0 Å². The minimum atomic E-state index is -1.12. The molecule has 232 valence electrons. The molecule has 4 N–H and O–H groups in total. The van der Waals surface area contributed by atoms with E-state index in [2.05, 4.69) is 27.9 Å². The lowest BCUT2D eigenvalue weighted by Crippen LogP contribution is -2.56. The molecule has 0 radical (unpaired) electrons. The van der Waals surface area contributed by atoms with Crippen molar-refractivity contribution in [2.24, 2.45) is 17.8 Å². The third kappa shape index (κ3) is 7.06. The number of carbonyl (C=O) groups is 2. The normalized spacial score (nSPS) is 30.2. The number of fused-ring (bicyclic) bond motifs is 2. The van der Waals surface area contributed by atoms with E-state index in [1.165, 1.54) is 26.4 Å². The Balaban J connectivity index is 1.44. The van der Waals surface area contributed by atoms with Gasteiger partial charge in [-0.1, -0.05) is 6.42 Å². The van der Waals surface area contributed by atoms with Crippen molar-refractivity contribution >= 4 is 34.4 Å². The van der Waals surface area contributed by atoms with Gasteiger partial charge in [0.1, 0.15) is 12.2 Å². The van der Waals surface area contributed by atoms with Crippen LogP contribution in [0.3, 0.4) is 0 Å². The van der Waals surface area contributed by atoms with Crippen LogP contribution >= 0.6 is 22.6 Å². The fourth-order valence-electron chi connectivity index (χ4n) is 7.29. The summed E-state index contributed by atoms with van der Waals surface area (Å²) in [5, 5.41) is 33.5. The number of benzene rings is 1. The Morgan fingerprint density at radius 2 is 2.02 bits per heavy atom. The topological polar surface area (TPSA) is 138 Å². The second-order valence-corrected chi connectivity index (χ2v) is 13.3. The number of aliphatic hydroxyl groups excluding tert-OH is 3. The Kier molecular flexibility index (Phi) is 10.7. The molecule has 3 fully saturated rings. The van der Waals surface area contributed by atoms with E-state index in [1.807, 2.05) is 0 Å². The zero-order chi connectivity index (χ0) is 29.8. The van der Waals surface area contributed by atoms with Gasteiger partial charge < -0.3 is 39.7 Å². The number of methoxy groups -OCH3 is 1. The van der Waals surface area contributed by atoms with Gasteiger partial charge in [-0.3, -0.25) is 9.59 Å². The first kappa shape index (κ1) is 31.5. The number of nitrogens with zero attached hydrogens (tertiary/aromatic N) is 1. The number of ether oxygens (including phenoxy) is 3. The predicted octanol–water partition coefficient (Wildman–Crippen LogP) is 2.54. The summed E-state index contributed by atoms with van der Waals surface area (Å²) in [5.74, 6) is 2.05. The Hall–Kier alpha value is -1.93. The molecule has 2 bridgehead atoms. The Labute approximate surface area is 260 Å². The number of hydrogen-bond donors (Lipinski definition) is 4. The standard InChI is InChI=1S/C31H43IN2O8/c1-40-27-12-19(17-36)11-24(32)30(27)42-26-14-22(31(39)33-6-7-35)13-25(29(26)38)34(16-23-3-2-8-41-23)28(37)15-21-10-18-4-5-20(21)9-18/h11-12,14,18,20-21,23,25-26,29,35-36,38H,2-10,13,15-17H2,1H3,(H,33,39)/t18?,20?,21?,23-,25-,26+,29+/m1/s1. The number of aliphatic hydroxyl groups is 3. The monoisotopic (exact) mass is 698 g/mol. The molecule has 0 aromatic heterocycles. The van der Waals surface area contributed by atoms with Crippen molar-refractivity contribution in [3.05, 3.63) is 32.9 Å². The van der Waals surface area contributed by atoms with E-state index in [9.17, 15) is 24.9 Å². The molecule has 1 heterocycles. The van der Waals surface area contributed by atoms with E-state index >= 15 is 0 Å². The summed E-state index contributed by atoms with van der Waals surface area (Å²) in [5.41, 5.74) is 1.04. The van der Waals surface area contributed by atoms with E-state index in [0.717, 1.165) is 25.2 Å². The highest BCUT2D eigenvalue weighted by molar-refractivity contribution is 14.1. The molecule has 3 unspecified atom stereocenters. The van der Waals surface area contributed by atoms with Crippen molar-refractivity contribution in [2.75, 3.05) is 33.4 Å². The van der Waals surface area contributed by atoms with E-state index in [0.29, 0.717) is 57.6 Å². The van der Waals surface area contributed by atoms with Crippen molar-refractivity contribution in [1.82, 2.24) is 10.2 Å². The molecule has 0 spiro atoms. The number of carbonyl (C=O) groups excluding carboxylic acids is 2. The average molecular weight is 699 g/mol. The summed E-state index contributed by atoms with van der Waals surface area (Å²) in [6.07, 6.45) is 6.50. The van der Waals surface area contributed by atoms with Gasteiger partial charge >= 0.3 is 0 Å². The molecule has 10 nitrogen and oxygen atoms in total. The van der Waals surface area contributed by atoms with Crippen LogP contribution < -0.4 is 14.8 Å². The lowest BCUT2D eigenvalue weighted by molar-refractivity contribution is -0.142. The summed E-state index contributed by atoms with van der Waals surface area (Å²) in [6.45, 7) is 0.718. The van der Waals surface area contributed by atoms with Gasteiger partial charge in [-0.15, -0.1) is 0 Å². The van der Waals surface area contributed by atoms with Crippen molar-refractivity contribution in [3.63, 3.8) is 0 Å². The van der Waals surface area contributed by atoms with E-state index in [-0.39, 0.29) is 44.1 Å². The molecule has 3 aliphatic carbocycles. The van der Waals surface area contributed by atoms with Gasteiger partial charge in [0.2, 0.25) is 11.8 Å². The maximum atomic E-state index is 14.1. The molecular formula is C31H43IN2O8. The van der Waals surface area contributed by atoms with Crippen LogP contribution in [0.2, 0.25) is 0 Å². The SMILES string of the molecule is COc1cc(CO)cc(I)c1O[C@H]1C=C(C(=O)NCCO)C[C@@H](N(C[C@H]2CCCO2)C(=O)CC2CC3CCC2C3)[C@@H]1O. The maximum absolute atomic E-state index is 14.1. The molecule has 5 rings (SSSR count). The second kappa shape index (κ2) is 14.2. The number of halogens is 1. The van der Waals surface area contributed by atoms with Crippen LogP contribution in [0.15, 0.2) is 23.8 Å². The summed E-state index contributed by atoms with van der Waals surface area (Å²) in [7, 11) is 1.50. The largest absolute Gasteiger partial charge is 0.493 e. The van der Waals surface area contributed by atoms with E-state index in [4.69, 9.17) is 14.2 Å². The molecule has 1 saturated heterocycles. The second-order valence-electron chi connectivity index (χ2n) is 12.1. The lowest BCUT2D eigenvalue weighted by Gasteiger charge is -2.42. The third-order valence-electron chi connectivity index (χ3n) is 9.41. The molecule has 4 aliphatic rings. The lowest BCUT2D eigenvalue weighted by atomic mass is 9.84. The molecular weight excluding hydrogens is 655 g/mol. The zero-order valence-corrected chi connectivity index (χ0v) is 26.3. The van der Waals surface area contributed by atoms with Crippen LogP contribution in [-0.4, -0.2) is 89.8 Å². The first-order valence-corrected chi connectivity index (χ1v) is 16.2. The summed E-state index contributed by atoms with van der Waals surface area (Å²) < 4.78 is 18.5. The van der Waals surface area contributed by atoms with E-state index < -0.39 is 18.2 Å². The van der Waals surface area contributed by atoms with Crippen LogP contribution in [0.25, 0.3) is 0 Å². The molecule has 1 aromatic carbocycles. The van der Waals surface area contributed by atoms with Crippen molar-refractivity contribution < 1.29 is 39.1 Å². The molecule has 42 heavy (non-hydrogen) atoms. The summed E-state index contributed by atoms with van der Waals surface area (Å²) in [4.78, 5) is 29.0. The Morgan fingerprint density at radius 1 is 1.19 bits per heavy atom. The molecule has 11 heteroatoms. The van der Waals surface area contributed by atoms with Crippen LogP contribution in [-0.2, 0) is 20.9 Å². The van der Waals surface area contributed by atoms with Crippen molar-refractivity contribution in [2.45, 2.75) is 82.3 Å². The van der Waals surface area contributed by atoms with Gasteiger partial charge in [0.25, 0.3) is 0 Å². The van der Waals surface area contributed by atoms with Gasteiger partial charge in [-0.2, -0.15) is 0 Å². The fraction of sp³-hybridized carbons (Fsp3) is 0.677. The first-order chi connectivity index (χ1) is 20.3. The van der Waals surface area contributed by atoms with Crippen LogP contribution in [0.5, 0.6) is 11.5 Å². The summed E-state index contributed by atoms with van der Waals surface area (Å²) in [6, 6.07) is 2.74. The fourth-order valence-corrected chi connectivity index (χ4v) is 8.09. The highest BCUT2D eigenvalue weighted by Gasteiger charge is 2.45. The van der Waals surface area contributed by atoms with Gasteiger partial charge in [0, 0.05) is 38.1 Å². The highest BCUT2D eigenvalue weighted by atomic mass is 127. The molecule has 2 amide bonds. The van der Waals surface area contributed by atoms with Gasteiger partial charge in [-0.25, -0.2) is 0 Å². The van der Waals surface area contributed by atoms with E-state index in [1.54, 1.807) is 23.1 Å². The minimum absolute atomic E-state index is 0.0117. The van der Waals surface area contributed by atoms with Crippen molar-refractivity contribution in [3.8, 4) is 11.5 Å². The quantitative estimate of drug-likeness (QED) is 0.245. The van der Waals surface area contributed by atoms with Gasteiger partial charge in [0.05, 0.1) is 36.0 Å². The average Bonchev–Trinajstić information content (AvgIpc) is 3.76. The Bertz CT molecular complexity index is 1160. The number of nitrogens with one attached hydrogen (secondary N) is 1.